The molecule has 0 nitrogen and oxygen atoms in total. The van der Waals surface area contributed by atoms with Crippen LogP contribution < -0.4 is 24.8 Å². The van der Waals surface area contributed by atoms with Gasteiger partial charge in [-0.1, -0.05) is 20.8 Å². The molecule has 1 aromatic heterocycles. The first-order valence-electron chi connectivity index (χ1n) is 2.77. The van der Waals surface area contributed by atoms with Gasteiger partial charge in [-0.2, -0.15) is 16.9 Å². The summed E-state index contributed by atoms with van der Waals surface area (Å²) in [6, 6.07) is 0. The van der Waals surface area contributed by atoms with Crippen LogP contribution in [0.2, 0.25) is 0 Å². The first kappa shape index (κ1) is 18.1. The van der Waals surface area contributed by atoms with E-state index in [1.165, 1.54) is 24.6 Å². The number of halogens is 2. The molecule has 4 heteroatoms. The molecule has 0 aromatic carbocycles. The minimum atomic E-state index is 0. The summed E-state index contributed by atoms with van der Waals surface area (Å²) in [5.74, 6) is 2.25. The van der Waals surface area contributed by atoms with Crippen LogP contribution in [0.15, 0.2) is 5.80 Å². The molecule has 1 heterocycles. The Labute approximate surface area is 102 Å². The Balaban J connectivity index is -0.000000213. The monoisotopic (exact) mass is 285 g/mol. The third kappa shape index (κ3) is 4.73. The van der Waals surface area contributed by atoms with E-state index < -0.39 is 0 Å². The van der Waals surface area contributed by atoms with Gasteiger partial charge in [0.05, 0.1) is 0 Å². The van der Waals surface area contributed by atoms with Crippen molar-refractivity contribution in [1.29, 1.82) is 0 Å². The standard InChI is InChI=1S/C7H10P.2ClH.Zr/c1-5-4-8-7(3)6(5)2;;;/h4H,1-3H3;2*1H;/q-1;;;+3/p-2. The predicted octanol–water partition coefficient (Wildman–Crippen LogP) is -3.08. The zero-order valence-electron chi connectivity index (χ0n) is 6.78. The average Bonchev–Trinajstić information content (AvgIpc) is 1.98. The van der Waals surface area contributed by atoms with Gasteiger partial charge < -0.3 is 24.8 Å². The molecule has 0 spiro atoms. The Kier molecular flexibility index (Phi) is 13.0. The van der Waals surface area contributed by atoms with Crippen molar-refractivity contribution in [2.24, 2.45) is 0 Å². The van der Waals surface area contributed by atoms with Gasteiger partial charge in [0.25, 0.3) is 0 Å². The summed E-state index contributed by atoms with van der Waals surface area (Å²) >= 11 is 0. The maximum Gasteiger partial charge on any atom is 3.00 e. The van der Waals surface area contributed by atoms with Gasteiger partial charge in [-0.15, -0.1) is 5.30 Å². The van der Waals surface area contributed by atoms with Gasteiger partial charge >= 0.3 is 26.2 Å². The molecule has 0 aliphatic heterocycles. The van der Waals surface area contributed by atoms with Gasteiger partial charge in [-0.25, -0.2) is 8.19 Å². The molecule has 0 saturated heterocycles. The molecule has 0 amide bonds. The van der Waals surface area contributed by atoms with Crippen LogP contribution in [0.3, 0.4) is 0 Å². The molecular weight excluding hydrogens is 277 g/mol. The van der Waals surface area contributed by atoms with Crippen LogP contribution in [-0.2, 0) is 26.2 Å². The maximum atomic E-state index is 2.25. The van der Waals surface area contributed by atoms with Crippen LogP contribution >= 0.6 is 8.19 Å². The van der Waals surface area contributed by atoms with Gasteiger partial charge in [-0.3, -0.25) is 0 Å². The maximum absolute atomic E-state index is 2.25. The molecule has 1 rings (SSSR count). The molecule has 0 fully saturated rings. The third-order valence-electron chi connectivity index (χ3n) is 1.59. The van der Waals surface area contributed by atoms with Gasteiger partial charge in [-0.05, 0) is 0 Å². The molecule has 0 aliphatic carbocycles. The molecule has 1 aromatic rings. The Morgan fingerprint density at radius 1 is 1.27 bits per heavy atom. The Hall–Kier alpha value is 1.24. The van der Waals surface area contributed by atoms with Crippen molar-refractivity contribution in [3.05, 3.63) is 22.2 Å². The zero-order valence-corrected chi connectivity index (χ0v) is 11.6. The zero-order chi connectivity index (χ0) is 6.15. The Bertz CT molecular complexity index is 179. The van der Waals surface area contributed by atoms with Crippen molar-refractivity contribution in [3.63, 3.8) is 0 Å². The van der Waals surface area contributed by atoms with Crippen LogP contribution in [0.25, 0.3) is 0 Å². The first-order chi connectivity index (χ1) is 3.72. The quantitative estimate of drug-likeness (QED) is 0.444. The molecule has 0 aliphatic rings. The fraction of sp³-hybridized carbons (Fsp3) is 0.429. The summed E-state index contributed by atoms with van der Waals surface area (Å²) in [7, 11) is 1.40. The van der Waals surface area contributed by atoms with E-state index >= 15 is 0 Å². The van der Waals surface area contributed by atoms with E-state index in [-0.39, 0.29) is 51.0 Å². The largest absolute Gasteiger partial charge is 3.00 e. The molecule has 11 heavy (non-hydrogen) atoms. The van der Waals surface area contributed by atoms with Gasteiger partial charge in [0.15, 0.2) is 0 Å². The minimum absolute atomic E-state index is 0. The third-order valence-corrected chi connectivity index (χ3v) is 2.83. The van der Waals surface area contributed by atoms with Crippen LogP contribution in [0.1, 0.15) is 16.4 Å². The smallest absolute Gasteiger partial charge is 1.00 e. The number of aryl methyl sites for hydroxylation is 2. The predicted molar refractivity (Wildman–Crippen MR) is 38.8 cm³/mol. The first-order valence-corrected chi connectivity index (χ1v) is 3.73. The normalized spacial score (nSPS) is 7.91. The fourth-order valence-corrected chi connectivity index (χ4v) is 1.62. The van der Waals surface area contributed by atoms with Crippen molar-refractivity contribution >= 4 is 8.19 Å². The van der Waals surface area contributed by atoms with Crippen molar-refractivity contribution < 1.29 is 51.0 Å². The van der Waals surface area contributed by atoms with Crippen molar-refractivity contribution in [1.82, 2.24) is 0 Å². The second kappa shape index (κ2) is 7.87. The molecular formula is C7H10Cl2PZr. The minimum Gasteiger partial charge on any atom is -1.00 e. The SMILES string of the molecule is Cc1cp[c-](C)c1C.[Cl-].[Cl-].[Zr+3]. The van der Waals surface area contributed by atoms with Crippen LogP contribution in [0.4, 0.5) is 0 Å². The van der Waals surface area contributed by atoms with E-state index in [0.717, 1.165) is 0 Å². The van der Waals surface area contributed by atoms with Crippen molar-refractivity contribution in [2.45, 2.75) is 20.8 Å². The molecule has 0 saturated carbocycles. The number of rotatable bonds is 0. The molecule has 0 atom stereocenters. The van der Waals surface area contributed by atoms with Gasteiger partial charge in [0.2, 0.25) is 0 Å². The summed E-state index contributed by atoms with van der Waals surface area (Å²) in [5.41, 5.74) is 2.93. The summed E-state index contributed by atoms with van der Waals surface area (Å²) in [6.45, 7) is 6.53. The van der Waals surface area contributed by atoms with Crippen LogP contribution in [0, 0.1) is 20.8 Å². The van der Waals surface area contributed by atoms with E-state index in [4.69, 9.17) is 0 Å². The number of hydrogen-bond donors (Lipinski definition) is 0. The second-order valence-electron chi connectivity index (χ2n) is 2.15. The number of hydrogen-bond acceptors (Lipinski definition) is 0. The van der Waals surface area contributed by atoms with Gasteiger partial charge in [0.1, 0.15) is 0 Å². The van der Waals surface area contributed by atoms with Gasteiger partial charge in [0, 0.05) is 0 Å². The molecule has 0 bridgehead atoms. The van der Waals surface area contributed by atoms with Crippen molar-refractivity contribution in [3.8, 4) is 0 Å². The average molecular weight is 287 g/mol. The van der Waals surface area contributed by atoms with Crippen molar-refractivity contribution in [2.75, 3.05) is 0 Å². The van der Waals surface area contributed by atoms with Crippen LogP contribution in [-0.4, -0.2) is 0 Å². The van der Waals surface area contributed by atoms with E-state index in [2.05, 4.69) is 26.6 Å². The summed E-state index contributed by atoms with van der Waals surface area (Å²) in [4.78, 5) is 0. The summed E-state index contributed by atoms with van der Waals surface area (Å²) in [5, 5.41) is 1.50. The Morgan fingerprint density at radius 2 is 1.73 bits per heavy atom. The summed E-state index contributed by atoms with van der Waals surface area (Å²) in [6.07, 6.45) is 0. The fourth-order valence-electron chi connectivity index (χ4n) is 0.673. The van der Waals surface area contributed by atoms with E-state index in [0.29, 0.717) is 0 Å². The van der Waals surface area contributed by atoms with E-state index in [9.17, 15) is 0 Å². The molecule has 0 N–H and O–H groups in total. The second-order valence-corrected chi connectivity index (χ2v) is 3.34. The molecule has 61 valence electrons. The van der Waals surface area contributed by atoms with E-state index in [1.54, 1.807) is 0 Å². The summed E-state index contributed by atoms with van der Waals surface area (Å²) < 4.78 is 0. The Morgan fingerprint density at radius 3 is 1.82 bits per heavy atom. The molecule has 0 unspecified atom stereocenters. The topological polar surface area (TPSA) is 0 Å². The van der Waals surface area contributed by atoms with E-state index in [1.807, 2.05) is 0 Å². The van der Waals surface area contributed by atoms with Crippen LogP contribution in [0.5, 0.6) is 0 Å². The molecule has 1 radical (unpaired) electrons.